The summed E-state index contributed by atoms with van der Waals surface area (Å²) in [5, 5.41) is 10.7. The summed E-state index contributed by atoms with van der Waals surface area (Å²) < 4.78 is 10.9. The molecule has 112 valence electrons. The van der Waals surface area contributed by atoms with Gasteiger partial charge in [-0.05, 0) is 24.3 Å². The maximum Gasteiger partial charge on any atom is 0.339 e. The molecule has 0 saturated heterocycles. The minimum Gasteiger partial charge on any atom is -0.489 e. The van der Waals surface area contributed by atoms with Gasteiger partial charge in [0.2, 0.25) is 0 Å². The third kappa shape index (κ3) is 2.89. The SMILES string of the molecule is O=C(O)c1coc2cc(OCc3ccc(Cl)cc3Cl)ccc12. The topological polar surface area (TPSA) is 59.7 Å². The van der Waals surface area contributed by atoms with Gasteiger partial charge in [-0.2, -0.15) is 0 Å². The van der Waals surface area contributed by atoms with Crippen molar-refractivity contribution >= 4 is 40.1 Å². The lowest BCUT2D eigenvalue weighted by Crippen LogP contribution is -1.96. The van der Waals surface area contributed by atoms with Crippen LogP contribution in [0.2, 0.25) is 10.0 Å². The van der Waals surface area contributed by atoms with Crippen molar-refractivity contribution in [3.63, 3.8) is 0 Å². The van der Waals surface area contributed by atoms with Crippen LogP contribution in [0, 0.1) is 0 Å². The number of ether oxygens (including phenoxy) is 1. The van der Waals surface area contributed by atoms with E-state index in [0.29, 0.717) is 26.8 Å². The van der Waals surface area contributed by atoms with Gasteiger partial charge in [0.25, 0.3) is 0 Å². The Labute approximate surface area is 135 Å². The van der Waals surface area contributed by atoms with Crippen LogP contribution < -0.4 is 4.74 Å². The third-order valence-corrected chi connectivity index (χ3v) is 3.77. The van der Waals surface area contributed by atoms with E-state index in [2.05, 4.69) is 0 Å². The second-order valence-electron chi connectivity index (χ2n) is 4.64. The van der Waals surface area contributed by atoms with Crippen LogP contribution in [-0.4, -0.2) is 11.1 Å². The van der Waals surface area contributed by atoms with Gasteiger partial charge in [0, 0.05) is 27.1 Å². The van der Waals surface area contributed by atoms with E-state index in [9.17, 15) is 4.79 Å². The van der Waals surface area contributed by atoms with E-state index in [0.717, 1.165) is 5.56 Å². The first-order valence-electron chi connectivity index (χ1n) is 6.36. The monoisotopic (exact) mass is 336 g/mol. The molecule has 3 aromatic rings. The second-order valence-corrected chi connectivity index (χ2v) is 5.48. The molecule has 0 bridgehead atoms. The molecule has 0 atom stereocenters. The fraction of sp³-hybridized carbons (Fsp3) is 0.0625. The maximum atomic E-state index is 11.0. The number of carboxylic acid groups (broad SMARTS) is 1. The molecule has 22 heavy (non-hydrogen) atoms. The average molecular weight is 337 g/mol. The van der Waals surface area contributed by atoms with Crippen molar-refractivity contribution in [3.05, 3.63) is 63.8 Å². The molecule has 1 aromatic heterocycles. The van der Waals surface area contributed by atoms with Crippen molar-refractivity contribution in [3.8, 4) is 5.75 Å². The summed E-state index contributed by atoms with van der Waals surface area (Å²) in [6.45, 7) is 0.272. The van der Waals surface area contributed by atoms with Crippen molar-refractivity contribution in [2.75, 3.05) is 0 Å². The van der Waals surface area contributed by atoms with E-state index >= 15 is 0 Å². The van der Waals surface area contributed by atoms with Crippen molar-refractivity contribution in [1.82, 2.24) is 0 Å². The van der Waals surface area contributed by atoms with Crippen molar-refractivity contribution in [2.45, 2.75) is 6.61 Å². The molecule has 1 heterocycles. The number of halogens is 2. The fourth-order valence-corrected chi connectivity index (χ4v) is 2.53. The summed E-state index contributed by atoms with van der Waals surface area (Å²) >= 11 is 11.9. The molecule has 4 nitrogen and oxygen atoms in total. The van der Waals surface area contributed by atoms with Crippen LogP contribution in [0.3, 0.4) is 0 Å². The summed E-state index contributed by atoms with van der Waals surface area (Å²) in [4.78, 5) is 11.0. The molecular weight excluding hydrogens is 327 g/mol. The molecule has 0 saturated carbocycles. The molecule has 0 radical (unpaired) electrons. The number of carboxylic acids is 1. The van der Waals surface area contributed by atoms with Crippen LogP contribution >= 0.6 is 23.2 Å². The van der Waals surface area contributed by atoms with E-state index in [-0.39, 0.29) is 12.2 Å². The Morgan fingerprint density at radius 1 is 1.18 bits per heavy atom. The minimum atomic E-state index is -1.03. The smallest absolute Gasteiger partial charge is 0.339 e. The molecule has 2 aromatic carbocycles. The first-order chi connectivity index (χ1) is 10.5. The third-order valence-electron chi connectivity index (χ3n) is 3.19. The predicted octanol–water partition coefficient (Wildman–Crippen LogP) is 5.02. The highest BCUT2D eigenvalue weighted by molar-refractivity contribution is 6.35. The lowest BCUT2D eigenvalue weighted by atomic mass is 10.2. The quantitative estimate of drug-likeness (QED) is 0.726. The number of carbonyl (C=O) groups is 1. The van der Waals surface area contributed by atoms with Gasteiger partial charge in [-0.15, -0.1) is 0 Å². The summed E-state index contributed by atoms with van der Waals surface area (Å²) in [5.41, 5.74) is 1.39. The summed E-state index contributed by atoms with van der Waals surface area (Å²) in [6, 6.07) is 10.2. The fourth-order valence-electron chi connectivity index (χ4n) is 2.06. The summed E-state index contributed by atoms with van der Waals surface area (Å²) in [5.74, 6) is -0.467. The van der Waals surface area contributed by atoms with Gasteiger partial charge in [0.15, 0.2) is 0 Å². The standard InChI is InChI=1S/C16H10Cl2O4/c17-10-2-1-9(14(18)5-10)7-21-11-3-4-12-13(16(19)20)8-22-15(12)6-11/h1-6,8H,7H2,(H,19,20). The summed E-state index contributed by atoms with van der Waals surface area (Å²) in [7, 11) is 0. The Hall–Kier alpha value is -2.17. The molecule has 0 fully saturated rings. The van der Waals surface area contributed by atoms with Gasteiger partial charge in [-0.25, -0.2) is 4.79 Å². The van der Waals surface area contributed by atoms with Crippen molar-refractivity contribution in [2.24, 2.45) is 0 Å². The molecule has 1 N–H and O–H groups in total. The number of rotatable bonds is 4. The lowest BCUT2D eigenvalue weighted by Gasteiger charge is -2.08. The van der Waals surface area contributed by atoms with Gasteiger partial charge < -0.3 is 14.3 Å². The van der Waals surface area contributed by atoms with E-state index in [1.807, 2.05) is 0 Å². The first kappa shape index (κ1) is 14.8. The predicted molar refractivity (Wildman–Crippen MR) is 84.0 cm³/mol. The molecule has 0 unspecified atom stereocenters. The molecule has 0 aliphatic heterocycles. The Kier molecular flexibility index (Phi) is 3.96. The molecule has 6 heteroatoms. The van der Waals surface area contributed by atoms with Gasteiger partial charge in [-0.1, -0.05) is 29.3 Å². The molecule has 0 spiro atoms. The van der Waals surface area contributed by atoms with Crippen LogP contribution in [-0.2, 0) is 6.61 Å². The Bertz CT molecular complexity index is 854. The zero-order valence-electron chi connectivity index (χ0n) is 11.2. The van der Waals surface area contributed by atoms with Crippen LogP contribution in [0.4, 0.5) is 0 Å². The van der Waals surface area contributed by atoms with Crippen molar-refractivity contribution < 1.29 is 19.1 Å². The Morgan fingerprint density at radius 2 is 2.00 bits per heavy atom. The van der Waals surface area contributed by atoms with Crippen LogP contribution in [0.5, 0.6) is 5.75 Å². The zero-order valence-corrected chi connectivity index (χ0v) is 12.7. The highest BCUT2D eigenvalue weighted by Gasteiger charge is 2.13. The number of hydrogen-bond donors (Lipinski definition) is 1. The number of furan rings is 1. The zero-order chi connectivity index (χ0) is 15.7. The molecule has 0 amide bonds. The lowest BCUT2D eigenvalue weighted by molar-refractivity contribution is 0.0698. The van der Waals surface area contributed by atoms with Crippen LogP contribution in [0.1, 0.15) is 15.9 Å². The van der Waals surface area contributed by atoms with Gasteiger partial charge in [0.1, 0.15) is 29.8 Å². The van der Waals surface area contributed by atoms with E-state index < -0.39 is 5.97 Å². The van der Waals surface area contributed by atoms with E-state index in [1.54, 1.807) is 36.4 Å². The number of fused-ring (bicyclic) bond motifs is 1. The number of benzene rings is 2. The second kappa shape index (κ2) is 5.91. The van der Waals surface area contributed by atoms with Gasteiger partial charge >= 0.3 is 5.97 Å². The normalized spacial score (nSPS) is 10.8. The van der Waals surface area contributed by atoms with Gasteiger partial charge in [-0.3, -0.25) is 0 Å². The maximum absolute atomic E-state index is 11.0. The Morgan fingerprint density at radius 3 is 2.73 bits per heavy atom. The van der Waals surface area contributed by atoms with Crippen molar-refractivity contribution in [1.29, 1.82) is 0 Å². The van der Waals surface area contributed by atoms with Crippen LogP contribution in [0.15, 0.2) is 47.1 Å². The van der Waals surface area contributed by atoms with Crippen LogP contribution in [0.25, 0.3) is 11.0 Å². The van der Waals surface area contributed by atoms with E-state index in [1.165, 1.54) is 6.26 Å². The largest absolute Gasteiger partial charge is 0.489 e. The molecule has 0 aliphatic rings. The Balaban J connectivity index is 1.81. The molecule has 0 aliphatic carbocycles. The van der Waals surface area contributed by atoms with Gasteiger partial charge in [0.05, 0.1) is 0 Å². The first-order valence-corrected chi connectivity index (χ1v) is 7.11. The number of hydrogen-bond acceptors (Lipinski definition) is 3. The highest BCUT2D eigenvalue weighted by Crippen LogP contribution is 2.27. The van der Waals surface area contributed by atoms with E-state index in [4.69, 9.17) is 37.5 Å². The summed E-state index contributed by atoms with van der Waals surface area (Å²) in [6.07, 6.45) is 1.22. The highest BCUT2D eigenvalue weighted by atomic mass is 35.5. The minimum absolute atomic E-state index is 0.127. The molecular formula is C16H10Cl2O4. The number of aromatic carboxylic acids is 1. The average Bonchev–Trinajstić information content (AvgIpc) is 2.89. The molecule has 3 rings (SSSR count).